The van der Waals surface area contributed by atoms with Gasteiger partial charge >= 0.3 is 0 Å². The lowest BCUT2D eigenvalue weighted by Gasteiger charge is -2.56. The number of aliphatic hydroxyl groups excluding tert-OH is 1. The molecular weight excluding hydrogens is 214 g/mol. The van der Waals surface area contributed by atoms with E-state index in [1.54, 1.807) is 0 Å². The fraction of sp³-hybridized carbons (Fsp3) is 1.00. The molecule has 1 spiro atoms. The summed E-state index contributed by atoms with van der Waals surface area (Å²) in [4.78, 5) is 2.66. The van der Waals surface area contributed by atoms with Gasteiger partial charge in [-0.05, 0) is 44.4 Å². The van der Waals surface area contributed by atoms with Gasteiger partial charge in [-0.1, -0.05) is 0 Å². The molecule has 2 bridgehead atoms. The zero-order valence-corrected chi connectivity index (χ0v) is 10.5. The van der Waals surface area contributed by atoms with E-state index in [9.17, 15) is 5.11 Å². The first-order valence-electron chi connectivity index (χ1n) is 7.35. The number of likely N-dealkylation sites (tertiary alicyclic amines) is 1. The predicted octanol–water partition coefficient (Wildman–Crippen LogP) is 1.40. The second-order valence-corrected chi connectivity index (χ2v) is 6.59. The summed E-state index contributed by atoms with van der Waals surface area (Å²) in [5.74, 6) is 1.68. The molecule has 3 saturated heterocycles. The molecule has 17 heavy (non-hydrogen) atoms. The Balaban J connectivity index is 1.50. The summed E-state index contributed by atoms with van der Waals surface area (Å²) in [6.45, 7) is 3.23. The molecule has 0 aromatic heterocycles. The minimum absolute atomic E-state index is 0.0434. The minimum atomic E-state index is -0.0434. The van der Waals surface area contributed by atoms with Crippen molar-refractivity contribution in [3.8, 4) is 0 Å². The Morgan fingerprint density at radius 1 is 1.18 bits per heavy atom. The van der Waals surface area contributed by atoms with Gasteiger partial charge in [-0.25, -0.2) is 0 Å². The lowest BCUT2D eigenvalue weighted by molar-refractivity contribution is -0.122. The van der Waals surface area contributed by atoms with Crippen LogP contribution in [0.25, 0.3) is 0 Å². The molecule has 0 amide bonds. The fourth-order valence-corrected chi connectivity index (χ4v) is 4.99. The number of nitrogens with zero attached hydrogens (tertiary/aromatic N) is 1. The van der Waals surface area contributed by atoms with Gasteiger partial charge in [0.25, 0.3) is 0 Å². The number of fused-ring (bicyclic) bond motifs is 1. The van der Waals surface area contributed by atoms with Crippen molar-refractivity contribution in [2.75, 3.05) is 19.7 Å². The number of hydrogen-bond donors (Lipinski definition) is 1. The molecule has 2 aliphatic carbocycles. The third kappa shape index (κ3) is 1.45. The van der Waals surface area contributed by atoms with Crippen molar-refractivity contribution in [3.63, 3.8) is 0 Å². The van der Waals surface area contributed by atoms with Crippen LogP contribution in [-0.4, -0.2) is 47.4 Å². The lowest BCUT2D eigenvalue weighted by atomic mass is 9.55. The third-order valence-corrected chi connectivity index (χ3v) is 5.79. The van der Waals surface area contributed by atoms with Crippen molar-refractivity contribution in [2.45, 2.75) is 56.3 Å². The van der Waals surface area contributed by atoms with Crippen LogP contribution in [0.1, 0.15) is 38.5 Å². The molecule has 3 aliphatic heterocycles. The van der Waals surface area contributed by atoms with Crippen molar-refractivity contribution in [1.82, 2.24) is 4.90 Å². The average Bonchev–Trinajstić information content (AvgIpc) is 2.88. The topological polar surface area (TPSA) is 32.7 Å². The third-order valence-electron chi connectivity index (χ3n) is 5.79. The molecule has 0 aromatic rings. The zero-order chi connectivity index (χ0) is 11.5. The van der Waals surface area contributed by atoms with Gasteiger partial charge in [0, 0.05) is 25.0 Å². The van der Waals surface area contributed by atoms with Crippen LogP contribution in [0.15, 0.2) is 0 Å². The largest absolute Gasteiger partial charge is 0.393 e. The maximum absolute atomic E-state index is 9.62. The summed E-state index contributed by atoms with van der Waals surface area (Å²) < 4.78 is 6.08. The SMILES string of the molecule is OC1CCN(C2CCCC34CC(CO3)C24)CC1. The first kappa shape index (κ1) is 10.8. The van der Waals surface area contributed by atoms with E-state index in [-0.39, 0.29) is 6.10 Å². The van der Waals surface area contributed by atoms with E-state index >= 15 is 0 Å². The van der Waals surface area contributed by atoms with Crippen molar-refractivity contribution < 1.29 is 9.84 Å². The minimum Gasteiger partial charge on any atom is -0.393 e. The molecule has 4 atom stereocenters. The molecule has 5 aliphatic rings. The Morgan fingerprint density at radius 2 is 2.00 bits per heavy atom. The monoisotopic (exact) mass is 237 g/mol. The summed E-state index contributed by atoms with van der Waals surface area (Å²) >= 11 is 0. The number of aliphatic hydroxyl groups is 1. The van der Waals surface area contributed by atoms with E-state index < -0.39 is 0 Å². The fourth-order valence-electron chi connectivity index (χ4n) is 4.99. The Morgan fingerprint density at radius 3 is 2.76 bits per heavy atom. The van der Waals surface area contributed by atoms with Gasteiger partial charge in [-0.15, -0.1) is 0 Å². The van der Waals surface area contributed by atoms with Crippen LogP contribution in [0.4, 0.5) is 0 Å². The lowest BCUT2D eigenvalue weighted by Crippen LogP contribution is -2.61. The van der Waals surface area contributed by atoms with E-state index in [0.29, 0.717) is 5.60 Å². The quantitative estimate of drug-likeness (QED) is 0.748. The first-order valence-corrected chi connectivity index (χ1v) is 7.35. The summed E-state index contributed by atoms with van der Waals surface area (Å²) in [6.07, 6.45) is 7.25. The van der Waals surface area contributed by atoms with E-state index in [1.807, 2.05) is 0 Å². The highest BCUT2D eigenvalue weighted by atomic mass is 16.5. The smallest absolute Gasteiger partial charge is 0.0732 e. The Kier molecular flexibility index (Phi) is 2.34. The Bertz CT molecular complexity index is 309. The molecule has 3 heterocycles. The number of hydrogen-bond acceptors (Lipinski definition) is 3. The van der Waals surface area contributed by atoms with Gasteiger partial charge in [0.15, 0.2) is 0 Å². The number of rotatable bonds is 1. The van der Waals surface area contributed by atoms with Gasteiger partial charge in [-0.2, -0.15) is 0 Å². The van der Waals surface area contributed by atoms with Crippen LogP contribution in [0.5, 0.6) is 0 Å². The molecule has 0 aromatic carbocycles. The average molecular weight is 237 g/mol. The molecule has 4 unspecified atom stereocenters. The van der Waals surface area contributed by atoms with Gasteiger partial charge < -0.3 is 9.84 Å². The van der Waals surface area contributed by atoms with Crippen LogP contribution in [-0.2, 0) is 4.74 Å². The van der Waals surface area contributed by atoms with Crippen molar-refractivity contribution in [2.24, 2.45) is 11.8 Å². The highest BCUT2D eigenvalue weighted by Gasteiger charge is 2.64. The Hall–Kier alpha value is -0.120. The molecule has 2 saturated carbocycles. The molecule has 5 fully saturated rings. The molecule has 0 radical (unpaired) electrons. The van der Waals surface area contributed by atoms with Crippen LogP contribution in [0.3, 0.4) is 0 Å². The highest BCUT2D eigenvalue weighted by Crippen LogP contribution is 2.61. The van der Waals surface area contributed by atoms with Crippen molar-refractivity contribution in [1.29, 1.82) is 0 Å². The summed E-state index contributed by atoms with van der Waals surface area (Å²) in [5.41, 5.74) is 0.295. The number of piperidine rings is 1. The van der Waals surface area contributed by atoms with Gasteiger partial charge in [0.05, 0.1) is 18.3 Å². The first-order chi connectivity index (χ1) is 8.28. The van der Waals surface area contributed by atoms with Gasteiger partial charge in [0.2, 0.25) is 0 Å². The molecule has 96 valence electrons. The highest BCUT2D eigenvalue weighted by molar-refractivity contribution is 5.15. The predicted molar refractivity (Wildman–Crippen MR) is 64.7 cm³/mol. The zero-order valence-electron chi connectivity index (χ0n) is 10.5. The van der Waals surface area contributed by atoms with Crippen molar-refractivity contribution >= 4 is 0 Å². The van der Waals surface area contributed by atoms with E-state index in [2.05, 4.69) is 4.90 Å². The van der Waals surface area contributed by atoms with Crippen LogP contribution in [0, 0.1) is 11.8 Å². The van der Waals surface area contributed by atoms with Gasteiger partial charge in [0.1, 0.15) is 0 Å². The maximum atomic E-state index is 9.62. The summed E-state index contributed by atoms with van der Waals surface area (Å²) in [6, 6.07) is 0.762. The molecule has 3 heteroatoms. The van der Waals surface area contributed by atoms with Crippen molar-refractivity contribution in [3.05, 3.63) is 0 Å². The second kappa shape index (κ2) is 3.69. The molecule has 1 N–H and O–H groups in total. The number of ether oxygens (including phenoxy) is 1. The van der Waals surface area contributed by atoms with E-state index in [0.717, 1.165) is 50.4 Å². The van der Waals surface area contributed by atoms with Crippen LogP contribution in [0.2, 0.25) is 0 Å². The van der Waals surface area contributed by atoms with Gasteiger partial charge in [-0.3, -0.25) is 4.90 Å². The Labute approximate surface area is 103 Å². The summed E-state index contributed by atoms with van der Waals surface area (Å²) in [5, 5.41) is 9.62. The summed E-state index contributed by atoms with van der Waals surface area (Å²) in [7, 11) is 0. The standard InChI is InChI=1S/C14H23NO2/c16-11-3-6-15(7-4-11)12-2-1-5-14-8-10(9-17-14)13(12)14/h10-13,16H,1-9H2. The van der Waals surface area contributed by atoms with Crippen LogP contribution >= 0.6 is 0 Å². The normalized spacial score (nSPS) is 51.0. The van der Waals surface area contributed by atoms with Crippen LogP contribution < -0.4 is 0 Å². The van der Waals surface area contributed by atoms with E-state index in [4.69, 9.17) is 4.74 Å². The maximum Gasteiger partial charge on any atom is 0.0732 e. The second-order valence-electron chi connectivity index (χ2n) is 6.59. The van der Waals surface area contributed by atoms with E-state index in [1.165, 1.54) is 25.7 Å². The molecule has 5 rings (SSSR count). The molecular formula is C14H23NO2. The molecule has 3 nitrogen and oxygen atoms in total.